The van der Waals surface area contributed by atoms with Crippen LogP contribution in [-0.4, -0.2) is 34.7 Å². The molecule has 7 nitrogen and oxygen atoms in total. The average molecular weight is 344 g/mol. The van der Waals surface area contributed by atoms with E-state index in [9.17, 15) is 4.79 Å². The molecule has 0 saturated carbocycles. The van der Waals surface area contributed by atoms with E-state index in [4.69, 9.17) is 9.47 Å². The van der Waals surface area contributed by atoms with Crippen LogP contribution in [0, 0.1) is 6.92 Å². The van der Waals surface area contributed by atoms with E-state index in [-0.39, 0.29) is 11.9 Å². The first kappa shape index (κ1) is 16.0. The van der Waals surface area contributed by atoms with Crippen LogP contribution < -0.4 is 14.8 Å². The van der Waals surface area contributed by atoms with Gasteiger partial charge in [-0.3, -0.25) is 10.1 Å². The number of thiazole rings is 1. The molecule has 0 aliphatic carbocycles. The normalized spacial score (nSPS) is 11.1. The van der Waals surface area contributed by atoms with E-state index >= 15 is 0 Å². The minimum atomic E-state index is -0.305. The summed E-state index contributed by atoms with van der Waals surface area (Å²) in [6, 6.07) is 5.40. The molecule has 0 saturated heterocycles. The highest BCUT2D eigenvalue weighted by molar-refractivity contribution is 7.15. The zero-order valence-corrected chi connectivity index (χ0v) is 14.3. The van der Waals surface area contributed by atoms with Crippen LogP contribution in [0.4, 0.5) is 5.95 Å². The van der Waals surface area contributed by atoms with Crippen molar-refractivity contribution in [2.75, 3.05) is 19.5 Å². The maximum atomic E-state index is 12.0. The minimum absolute atomic E-state index is 0.284. The molecule has 0 aliphatic rings. The van der Waals surface area contributed by atoms with Gasteiger partial charge >= 0.3 is 0 Å². The van der Waals surface area contributed by atoms with E-state index < -0.39 is 0 Å². The van der Waals surface area contributed by atoms with Crippen LogP contribution in [0.1, 0.15) is 11.3 Å². The average Bonchev–Trinajstić information content (AvgIpc) is 3.14. The van der Waals surface area contributed by atoms with Crippen molar-refractivity contribution in [1.82, 2.24) is 14.6 Å². The zero-order valence-electron chi connectivity index (χ0n) is 13.4. The van der Waals surface area contributed by atoms with Crippen molar-refractivity contribution in [3.8, 4) is 11.5 Å². The molecule has 1 amide bonds. The van der Waals surface area contributed by atoms with Crippen LogP contribution in [0.25, 0.3) is 11.0 Å². The lowest BCUT2D eigenvalue weighted by Crippen LogP contribution is -2.09. The molecule has 0 aliphatic heterocycles. The number of ether oxygens (including phenoxy) is 2. The van der Waals surface area contributed by atoms with Crippen molar-refractivity contribution in [3.05, 3.63) is 40.9 Å². The lowest BCUT2D eigenvalue weighted by molar-refractivity contribution is -0.111. The van der Waals surface area contributed by atoms with E-state index in [0.717, 1.165) is 16.2 Å². The number of anilines is 1. The Morgan fingerprint density at radius 3 is 2.79 bits per heavy atom. The van der Waals surface area contributed by atoms with Gasteiger partial charge in [0.05, 0.1) is 19.9 Å². The van der Waals surface area contributed by atoms with E-state index in [2.05, 4.69) is 15.4 Å². The second-order valence-electron chi connectivity index (χ2n) is 4.94. The van der Waals surface area contributed by atoms with E-state index in [1.165, 1.54) is 17.4 Å². The third-order valence-electron chi connectivity index (χ3n) is 3.32. The molecular formula is C16H16N4O3S. The summed E-state index contributed by atoms with van der Waals surface area (Å²) in [7, 11) is 3.14. The van der Waals surface area contributed by atoms with E-state index in [1.807, 2.05) is 18.4 Å². The van der Waals surface area contributed by atoms with E-state index in [1.54, 1.807) is 36.9 Å². The topological polar surface area (TPSA) is 77.8 Å². The summed E-state index contributed by atoms with van der Waals surface area (Å²) in [4.78, 5) is 17.0. The smallest absolute Gasteiger partial charge is 0.250 e. The van der Waals surface area contributed by atoms with Gasteiger partial charge in [-0.15, -0.1) is 16.4 Å². The Morgan fingerprint density at radius 2 is 2.08 bits per heavy atom. The molecule has 1 N–H and O–H groups in total. The number of hydrogen-bond acceptors (Lipinski definition) is 6. The van der Waals surface area contributed by atoms with Crippen molar-refractivity contribution in [2.45, 2.75) is 6.92 Å². The van der Waals surface area contributed by atoms with Crippen molar-refractivity contribution < 1.29 is 14.3 Å². The van der Waals surface area contributed by atoms with Crippen molar-refractivity contribution >= 4 is 34.2 Å². The fraction of sp³-hybridized carbons (Fsp3) is 0.188. The summed E-state index contributed by atoms with van der Waals surface area (Å²) < 4.78 is 12.1. The second-order valence-corrected chi connectivity index (χ2v) is 5.78. The number of benzene rings is 1. The van der Waals surface area contributed by atoms with Crippen LogP contribution in [-0.2, 0) is 4.79 Å². The number of aryl methyl sites for hydroxylation is 1. The summed E-state index contributed by atoms with van der Waals surface area (Å²) in [6.45, 7) is 1.93. The number of aromatic nitrogens is 3. The third kappa shape index (κ3) is 3.23. The fourth-order valence-corrected chi connectivity index (χ4v) is 2.92. The lowest BCUT2D eigenvalue weighted by atomic mass is 10.2. The number of hydrogen-bond donors (Lipinski definition) is 1. The first-order valence-electron chi connectivity index (χ1n) is 7.12. The van der Waals surface area contributed by atoms with Crippen LogP contribution in [0.5, 0.6) is 11.5 Å². The Kier molecular flexibility index (Phi) is 4.48. The second kappa shape index (κ2) is 6.71. The maximum absolute atomic E-state index is 12.0. The quantitative estimate of drug-likeness (QED) is 0.720. The Labute approximate surface area is 142 Å². The third-order valence-corrected chi connectivity index (χ3v) is 4.25. The van der Waals surface area contributed by atoms with Crippen LogP contribution in [0.2, 0.25) is 0 Å². The standard InChI is InChI=1S/C16H16N4O3S/c1-10-9-24-16-18-15(19-20(10)16)17-14(21)7-5-11-4-6-12(22-2)13(8-11)23-3/h4-9H,1-3H3,(H,17,19,21)/b7-5+. The molecule has 0 bridgehead atoms. The van der Waals surface area contributed by atoms with Gasteiger partial charge in [0.1, 0.15) is 0 Å². The Morgan fingerprint density at radius 1 is 1.29 bits per heavy atom. The van der Waals surface area contributed by atoms with Gasteiger partial charge in [-0.2, -0.15) is 4.98 Å². The number of carbonyl (C=O) groups is 1. The molecule has 0 fully saturated rings. The molecule has 2 aromatic heterocycles. The van der Waals surface area contributed by atoms with Gasteiger partial charge in [0.2, 0.25) is 4.96 Å². The first-order valence-corrected chi connectivity index (χ1v) is 8.00. The molecule has 0 radical (unpaired) electrons. The van der Waals surface area contributed by atoms with Crippen molar-refractivity contribution in [2.24, 2.45) is 0 Å². The minimum Gasteiger partial charge on any atom is -0.493 e. The SMILES string of the molecule is COc1ccc(/C=C/C(=O)Nc2nc3scc(C)n3n2)cc1OC. The molecule has 124 valence electrons. The predicted octanol–water partition coefficient (Wildman–Crippen LogP) is 2.77. The molecule has 0 spiro atoms. The molecule has 0 atom stereocenters. The fourth-order valence-electron chi connectivity index (χ4n) is 2.12. The van der Waals surface area contributed by atoms with Gasteiger partial charge in [0.15, 0.2) is 11.5 Å². The van der Waals surface area contributed by atoms with Crippen LogP contribution in [0.3, 0.4) is 0 Å². The summed E-state index contributed by atoms with van der Waals surface area (Å²) in [5, 5.41) is 8.84. The van der Waals surface area contributed by atoms with Gasteiger partial charge in [0.25, 0.3) is 11.9 Å². The summed E-state index contributed by atoms with van der Waals surface area (Å²) in [6.07, 6.45) is 3.10. The summed E-state index contributed by atoms with van der Waals surface area (Å²) >= 11 is 1.47. The predicted molar refractivity (Wildman–Crippen MR) is 92.8 cm³/mol. The molecule has 3 aromatic rings. The summed E-state index contributed by atoms with van der Waals surface area (Å²) in [5.74, 6) is 1.22. The molecule has 0 unspecified atom stereocenters. The Bertz CT molecular complexity index is 913. The zero-order chi connectivity index (χ0) is 17.1. The molecule has 3 rings (SSSR count). The highest BCUT2D eigenvalue weighted by Gasteiger charge is 2.09. The molecule has 1 aromatic carbocycles. The lowest BCUT2D eigenvalue weighted by Gasteiger charge is -2.07. The van der Waals surface area contributed by atoms with Gasteiger partial charge in [-0.05, 0) is 30.7 Å². The number of nitrogens with one attached hydrogen (secondary N) is 1. The largest absolute Gasteiger partial charge is 0.493 e. The van der Waals surface area contributed by atoms with Gasteiger partial charge < -0.3 is 9.47 Å². The van der Waals surface area contributed by atoms with Crippen molar-refractivity contribution in [1.29, 1.82) is 0 Å². The maximum Gasteiger partial charge on any atom is 0.250 e. The number of rotatable bonds is 5. The number of nitrogens with zero attached hydrogens (tertiary/aromatic N) is 3. The highest BCUT2D eigenvalue weighted by Crippen LogP contribution is 2.27. The number of amides is 1. The van der Waals surface area contributed by atoms with E-state index in [0.29, 0.717) is 11.5 Å². The van der Waals surface area contributed by atoms with Crippen molar-refractivity contribution in [3.63, 3.8) is 0 Å². The van der Waals surface area contributed by atoms with Gasteiger partial charge in [-0.25, -0.2) is 4.52 Å². The highest BCUT2D eigenvalue weighted by atomic mass is 32.1. The van der Waals surface area contributed by atoms with Crippen LogP contribution in [0.15, 0.2) is 29.7 Å². The van der Waals surface area contributed by atoms with Gasteiger partial charge in [0, 0.05) is 11.5 Å². The molecule has 2 heterocycles. The number of methoxy groups -OCH3 is 2. The molecular weight excluding hydrogens is 328 g/mol. The monoisotopic (exact) mass is 344 g/mol. The Hall–Kier alpha value is -2.87. The first-order chi connectivity index (χ1) is 11.6. The Balaban J connectivity index is 1.70. The molecule has 8 heteroatoms. The van der Waals surface area contributed by atoms with Gasteiger partial charge in [-0.1, -0.05) is 6.07 Å². The summed E-state index contributed by atoms with van der Waals surface area (Å²) in [5.41, 5.74) is 1.79. The van der Waals surface area contributed by atoms with Crippen LogP contribution >= 0.6 is 11.3 Å². The number of fused-ring (bicyclic) bond motifs is 1. The molecule has 24 heavy (non-hydrogen) atoms. The number of carbonyl (C=O) groups excluding carboxylic acids is 1.